The molecule has 0 aromatic heterocycles. The second kappa shape index (κ2) is 7.61. The minimum Gasteiger partial charge on any atom is -0.381 e. The van der Waals surface area contributed by atoms with Crippen LogP contribution in [0.5, 0.6) is 0 Å². The van der Waals surface area contributed by atoms with Gasteiger partial charge in [0.15, 0.2) is 0 Å². The lowest BCUT2D eigenvalue weighted by atomic mass is 9.84. The molecule has 2 rings (SSSR count). The maximum atomic E-state index is 5.73. The minimum absolute atomic E-state index is 0.375. The first kappa shape index (κ1) is 15.3. The van der Waals surface area contributed by atoms with Crippen LogP contribution in [0.15, 0.2) is 0 Å². The normalized spacial score (nSPS) is 32.8. The van der Waals surface area contributed by atoms with Crippen LogP contribution >= 0.6 is 0 Å². The Morgan fingerprint density at radius 1 is 1.32 bits per heavy atom. The predicted octanol–water partition coefficient (Wildman–Crippen LogP) is 2.66. The van der Waals surface area contributed by atoms with Crippen LogP contribution < -0.4 is 5.32 Å². The van der Waals surface area contributed by atoms with Crippen molar-refractivity contribution in [3.8, 4) is 0 Å². The molecule has 112 valence electrons. The fourth-order valence-electron chi connectivity index (χ4n) is 3.66. The van der Waals surface area contributed by atoms with Crippen LogP contribution in [0.4, 0.5) is 0 Å². The molecule has 1 N–H and O–H groups in total. The molecule has 2 fully saturated rings. The van der Waals surface area contributed by atoms with E-state index < -0.39 is 0 Å². The van der Waals surface area contributed by atoms with Gasteiger partial charge in [-0.3, -0.25) is 4.90 Å². The van der Waals surface area contributed by atoms with E-state index in [1.807, 2.05) is 0 Å². The Morgan fingerprint density at radius 2 is 2.21 bits per heavy atom. The van der Waals surface area contributed by atoms with Gasteiger partial charge in [-0.2, -0.15) is 0 Å². The molecule has 0 aliphatic carbocycles. The molecule has 0 bridgehead atoms. The van der Waals surface area contributed by atoms with Gasteiger partial charge in [-0.1, -0.05) is 20.3 Å². The Labute approximate surface area is 119 Å². The monoisotopic (exact) mass is 268 g/mol. The zero-order valence-corrected chi connectivity index (χ0v) is 12.9. The van der Waals surface area contributed by atoms with Crippen LogP contribution in [0.25, 0.3) is 0 Å². The van der Waals surface area contributed by atoms with Gasteiger partial charge in [0.2, 0.25) is 0 Å². The number of likely N-dealkylation sites (tertiary alicyclic amines) is 1. The van der Waals surface area contributed by atoms with Crippen LogP contribution in [-0.2, 0) is 4.74 Å². The molecule has 2 atom stereocenters. The number of hydrogen-bond acceptors (Lipinski definition) is 3. The summed E-state index contributed by atoms with van der Waals surface area (Å²) in [6, 6.07) is 0.817. The fraction of sp³-hybridized carbons (Fsp3) is 1.00. The first-order chi connectivity index (χ1) is 9.29. The molecule has 0 amide bonds. The van der Waals surface area contributed by atoms with Crippen molar-refractivity contribution >= 4 is 0 Å². The third kappa shape index (κ3) is 4.17. The van der Waals surface area contributed by atoms with Crippen LogP contribution in [0.1, 0.15) is 52.4 Å². The van der Waals surface area contributed by atoms with Crippen LogP contribution in [0, 0.1) is 5.41 Å². The molecule has 2 aliphatic rings. The van der Waals surface area contributed by atoms with E-state index in [-0.39, 0.29) is 0 Å². The Balaban J connectivity index is 1.91. The maximum Gasteiger partial charge on any atom is 0.0547 e. The standard InChI is InChI=1S/C16H32N2O/c1-3-9-17-12-16(8-11-19-14-16)13-18-10-6-5-7-15(18)4-2/h15,17H,3-14H2,1-2H3. The quantitative estimate of drug-likeness (QED) is 0.718. The van der Waals surface area contributed by atoms with Gasteiger partial charge in [-0.25, -0.2) is 0 Å². The second-order valence-corrected chi connectivity index (χ2v) is 6.51. The molecular weight excluding hydrogens is 236 g/mol. The lowest BCUT2D eigenvalue weighted by Crippen LogP contribution is -2.49. The van der Waals surface area contributed by atoms with Crippen LogP contribution in [0.3, 0.4) is 0 Å². The van der Waals surface area contributed by atoms with E-state index in [0.29, 0.717) is 5.41 Å². The summed E-state index contributed by atoms with van der Waals surface area (Å²) < 4.78 is 5.73. The van der Waals surface area contributed by atoms with E-state index in [2.05, 4.69) is 24.1 Å². The lowest BCUT2D eigenvalue weighted by Gasteiger charge is -2.41. The number of nitrogens with zero attached hydrogens (tertiary/aromatic N) is 1. The Kier molecular flexibility index (Phi) is 6.11. The largest absolute Gasteiger partial charge is 0.381 e. The average molecular weight is 268 g/mol. The molecule has 0 aromatic carbocycles. The number of hydrogen-bond donors (Lipinski definition) is 1. The van der Waals surface area contributed by atoms with Gasteiger partial charge in [-0.05, 0) is 45.2 Å². The highest BCUT2D eigenvalue weighted by atomic mass is 16.5. The molecule has 2 unspecified atom stereocenters. The van der Waals surface area contributed by atoms with Crippen LogP contribution in [0.2, 0.25) is 0 Å². The zero-order chi connectivity index (χ0) is 13.6. The molecule has 2 heterocycles. The van der Waals surface area contributed by atoms with E-state index in [1.54, 1.807) is 0 Å². The van der Waals surface area contributed by atoms with E-state index in [0.717, 1.165) is 32.3 Å². The lowest BCUT2D eigenvalue weighted by molar-refractivity contribution is 0.0642. The first-order valence-corrected chi connectivity index (χ1v) is 8.32. The van der Waals surface area contributed by atoms with E-state index >= 15 is 0 Å². The number of nitrogens with one attached hydrogen (secondary N) is 1. The molecule has 0 spiro atoms. The molecule has 19 heavy (non-hydrogen) atoms. The molecule has 0 radical (unpaired) electrons. The molecule has 0 saturated carbocycles. The van der Waals surface area contributed by atoms with E-state index in [9.17, 15) is 0 Å². The Hall–Kier alpha value is -0.120. The van der Waals surface area contributed by atoms with Gasteiger partial charge in [0.25, 0.3) is 0 Å². The van der Waals surface area contributed by atoms with Crippen molar-refractivity contribution in [1.82, 2.24) is 10.2 Å². The summed E-state index contributed by atoms with van der Waals surface area (Å²) in [7, 11) is 0. The third-order valence-corrected chi connectivity index (χ3v) is 4.87. The second-order valence-electron chi connectivity index (χ2n) is 6.51. The molecule has 3 heteroatoms. The third-order valence-electron chi connectivity index (χ3n) is 4.87. The van der Waals surface area contributed by atoms with Gasteiger partial charge < -0.3 is 10.1 Å². The minimum atomic E-state index is 0.375. The molecule has 2 saturated heterocycles. The van der Waals surface area contributed by atoms with Crippen LogP contribution in [-0.4, -0.2) is 50.3 Å². The molecule has 3 nitrogen and oxygen atoms in total. The Bertz CT molecular complexity index is 251. The van der Waals surface area contributed by atoms with Gasteiger partial charge in [0, 0.05) is 31.2 Å². The SMILES string of the molecule is CCCNCC1(CN2CCCCC2CC)CCOC1. The van der Waals surface area contributed by atoms with E-state index in [1.165, 1.54) is 51.6 Å². The highest BCUT2D eigenvalue weighted by Crippen LogP contribution is 2.32. The molecular formula is C16H32N2O. The summed E-state index contributed by atoms with van der Waals surface area (Å²) in [5.41, 5.74) is 0.375. The van der Waals surface area contributed by atoms with Crippen molar-refractivity contribution in [2.45, 2.75) is 58.4 Å². The maximum absolute atomic E-state index is 5.73. The average Bonchev–Trinajstić information content (AvgIpc) is 2.88. The number of rotatable bonds is 7. The van der Waals surface area contributed by atoms with E-state index in [4.69, 9.17) is 4.74 Å². The topological polar surface area (TPSA) is 24.5 Å². The Morgan fingerprint density at radius 3 is 2.89 bits per heavy atom. The highest BCUT2D eigenvalue weighted by molar-refractivity contribution is 4.91. The van der Waals surface area contributed by atoms with Gasteiger partial charge in [-0.15, -0.1) is 0 Å². The summed E-state index contributed by atoms with van der Waals surface area (Å²) in [4.78, 5) is 2.76. The van der Waals surface area contributed by atoms with Crippen molar-refractivity contribution in [3.05, 3.63) is 0 Å². The summed E-state index contributed by atoms with van der Waals surface area (Å²) in [6.07, 6.45) is 7.96. The summed E-state index contributed by atoms with van der Waals surface area (Å²) in [6.45, 7) is 11.3. The zero-order valence-electron chi connectivity index (χ0n) is 12.9. The molecule has 0 aromatic rings. The van der Waals surface area contributed by atoms with Gasteiger partial charge in [0.1, 0.15) is 0 Å². The van der Waals surface area contributed by atoms with Crippen molar-refractivity contribution < 1.29 is 4.74 Å². The summed E-state index contributed by atoms with van der Waals surface area (Å²) >= 11 is 0. The summed E-state index contributed by atoms with van der Waals surface area (Å²) in [5.74, 6) is 0. The summed E-state index contributed by atoms with van der Waals surface area (Å²) in [5, 5.41) is 3.63. The fourth-order valence-corrected chi connectivity index (χ4v) is 3.66. The first-order valence-electron chi connectivity index (χ1n) is 8.32. The van der Waals surface area contributed by atoms with Crippen molar-refractivity contribution in [1.29, 1.82) is 0 Å². The van der Waals surface area contributed by atoms with Crippen molar-refractivity contribution in [3.63, 3.8) is 0 Å². The van der Waals surface area contributed by atoms with Crippen molar-refractivity contribution in [2.24, 2.45) is 5.41 Å². The van der Waals surface area contributed by atoms with Crippen molar-refractivity contribution in [2.75, 3.05) is 39.4 Å². The van der Waals surface area contributed by atoms with Gasteiger partial charge in [0.05, 0.1) is 6.61 Å². The number of ether oxygens (including phenoxy) is 1. The predicted molar refractivity (Wildman–Crippen MR) is 80.5 cm³/mol. The van der Waals surface area contributed by atoms with Gasteiger partial charge >= 0.3 is 0 Å². The molecule has 2 aliphatic heterocycles. The highest BCUT2D eigenvalue weighted by Gasteiger charge is 2.38. The number of piperidine rings is 1. The smallest absolute Gasteiger partial charge is 0.0547 e.